The fourth-order valence-corrected chi connectivity index (χ4v) is 2.22. The van der Waals surface area contributed by atoms with Crippen LogP contribution < -0.4 is 5.32 Å². The van der Waals surface area contributed by atoms with Crippen LogP contribution in [0.1, 0.15) is 12.2 Å². The number of hydrogen-bond acceptors (Lipinski definition) is 2. The normalized spacial score (nSPS) is 10.3. The van der Waals surface area contributed by atoms with E-state index >= 15 is 0 Å². The molecule has 1 aromatic carbocycles. The third-order valence-electron chi connectivity index (χ3n) is 2.38. The van der Waals surface area contributed by atoms with Gasteiger partial charge < -0.3 is 9.73 Å². The van der Waals surface area contributed by atoms with Crippen LogP contribution in [0.25, 0.3) is 0 Å². The number of furan rings is 1. The molecular formula is C13H11BrClNO2. The molecule has 2 aromatic rings. The molecule has 0 saturated carbocycles. The molecule has 1 N–H and O–H groups in total. The Hall–Kier alpha value is -1.26. The van der Waals surface area contributed by atoms with Crippen LogP contribution in [0.4, 0.5) is 5.69 Å². The fourth-order valence-electron chi connectivity index (χ4n) is 1.50. The van der Waals surface area contributed by atoms with Gasteiger partial charge in [0.15, 0.2) is 0 Å². The predicted octanol–water partition coefficient (Wildman–Crippen LogP) is 4.27. The zero-order chi connectivity index (χ0) is 13.0. The molecule has 0 radical (unpaired) electrons. The summed E-state index contributed by atoms with van der Waals surface area (Å²) < 4.78 is 6.04. The molecule has 0 saturated heterocycles. The number of amides is 1. The second kappa shape index (κ2) is 6.07. The first-order valence-corrected chi connectivity index (χ1v) is 6.59. The minimum Gasteiger partial charge on any atom is -0.469 e. The Morgan fingerprint density at radius 2 is 2.22 bits per heavy atom. The van der Waals surface area contributed by atoms with Crippen molar-refractivity contribution in [1.82, 2.24) is 0 Å². The lowest BCUT2D eigenvalue weighted by Gasteiger charge is -2.06. The van der Waals surface area contributed by atoms with E-state index in [-0.39, 0.29) is 5.91 Å². The van der Waals surface area contributed by atoms with Crippen molar-refractivity contribution in [2.45, 2.75) is 12.8 Å². The molecular weight excluding hydrogens is 318 g/mol. The SMILES string of the molecule is O=C(CCc1ccco1)Nc1ccc(Br)cc1Cl. The molecule has 0 spiro atoms. The van der Waals surface area contributed by atoms with Crippen molar-refractivity contribution in [3.8, 4) is 0 Å². The van der Waals surface area contributed by atoms with Gasteiger partial charge in [-0.15, -0.1) is 0 Å². The average Bonchev–Trinajstić information content (AvgIpc) is 2.83. The van der Waals surface area contributed by atoms with E-state index in [1.165, 1.54) is 0 Å². The highest BCUT2D eigenvalue weighted by atomic mass is 79.9. The Morgan fingerprint density at radius 3 is 2.89 bits per heavy atom. The molecule has 0 fully saturated rings. The highest BCUT2D eigenvalue weighted by molar-refractivity contribution is 9.10. The van der Waals surface area contributed by atoms with Crippen molar-refractivity contribution >= 4 is 39.1 Å². The number of halogens is 2. The molecule has 3 nitrogen and oxygen atoms in total. The van der Waals surface area contributed by atoms with Gasteiger partial charge in [0, 0.05) is 17.3 Å². The van der Waals surface area contributed by atoms with Gasteiger partial charge >= 0.3 is 0 Å². The van der Waals surface area contributed by atoms with E-state index in [2.05, 4.69) is 21.2 Å². The van der Waals surface area contributed by atoms with E-state index in [1.807, 2.05) is 12.1 Å². The summed E-state index contributed by atoms with van der Waals surface area (Å²) in [5, 5.41) is 3.28. The van der Waals surface area contributed by atoms with E-state index in [9.17, 15) is 4.79 Å². The van der Waals surface area contributed by atoms with Crippen LogP contribution in [0.15, 0.2) is 45.5 Å². The molecule has 1 aromatic heterocycles. The number of aryl methyl sites for hydroxylation is 1. The Bertz CT molecular complexity index is 540. The van der Waals surface area contributed by atoms with Crippen molar-refractivity contribution in [2.24, 2.45) is 0 Å². The van der Waals surface area contributed by atoms with E-state index in [1.54, 1.807) is 24.5 Å². The Balaban J connectivity index is 1.91. The van der Waals surface area contributed by atoms with E-state index in [0.29, 0.717) is 23.6 Å². The molecule has 1 heterocycles. The molecule has 18 heavy (non-hydrogen) atoms. The maximum Gasteiger partial charge on any atom is 0.224 e. The average molecular weight is 329 g/mol. The quantitative estimate of drug-likeness (QED) is 0.911. The van der Waals surface area contributed by atoms with Gasteiger partial charge in [0.2, 0.25) is 5.91 Å². The summed E-state index contributed by atoms with van der Waals surface area (Å²) in [5.41, 5.74) is 0.615. The summed E-state index contributed by atoms with van der Waals surface area (Å²) >= 11 is 9.32. The van der Waals surface area contributed by atoms with Crippen molar-refractivity contribution in [1.29, 1.82) is 0 Å². The first kappa shape index (κ1) is 13.2. The van der Waals surface area contributed by atoms with E-state index in [0.717, 1.165) is 10.2 Å². The van der Waals surface area contributed by atoms with Crippen LogP contribution in [0.5, 0.6) is 0 Å². The lowest BCUT2D eigenvalue weighted by atomic mass is 10.2. The van der Waals surface area contributed by atoms with Crippen LogP contribution in [-0.4, -0.2) is 5.91 Å². The number of carbonyl (C=O) groups is 1. The second-order valence-electron chi connectivity index (χ2n) is 3.75. The molecule has 0 bridgehead atoms. The monoisotopic (exact) mass is 327 g/mol. The summed E-state index contributed by atoms with van der Waals surface area (Å²) in [6.45, 7) is 0. The second-order valence-corrected chi connectivity index (χ2v) is 5.07. The van der Waals surface area contributed by atoms with Crippen molar-refractivity contribution in [3.63, 3.8) is 0 Å². The summed E-state index contributed by atoms with van der Waals surface area (Å²) in [5.74, 6) is 0.711. The van der Waals surface area contributed by atoms with Gasteiger partial charge in [0.05, 0.1) is 17.0 Å². The number of hydrogen-bond donors (Lipinski definition) is 1. The third-order valence-corrected chi connectivity index (χ3v) is 3.19. The number of anilines is 1. The van der Waals surface area contributed by atoms with Gasteiger partial charge in [-0.2, -0.15) is 0 Å². The molecule has 0 aliphatic heterocycles. The molecule has 1 amide bonds. The fraction of sp³-hybridized carbons (Fsp3) is 0.154. The van der Waals surface area contributed by atoms with Crippen LogP contribution in [0.2, 0.25) is 5.02 Å². The highest BCUT2D eigenvalue weighted by Crippen LogP contribution is 2.25. The smallest absolute Gasteiger partial charge is 0.224 e. The van der Waals surface area contributed by atoms with Gasteiger partial charge in [-0.3, -0.25) is 4.79 Å². The number of nitrogens with one attached hydrogen (secondary N) is 1. The van der Waals surface area contributed by atoms with Crippen molar-refractivity contribution in [2.75, 3.05) is 5.32 Å². The Labute approximate surface area is 118 Å². The first-order chi connectivity index (χ1) is 8.65. The van der Waals surface area contributed by atoms with Gasteiger partial charge in [-0.25, -0.2) is 0 Å². The summed E-state index contributed by atoms with van der Waals surface area (Å²) in [6, 6.07) is 8.98. The topological polar surface area (TPSA) is 42.2 Å². The number of benzene rings is 1. The summed E-state index contributed by atoms with van der Waals surface area (Å²) in [4.78, 5) is 11.7. The van der Waals surface area contributed by atoms with Crippen LogP contribution in [0.3, 0.4) is 0 Å². The largest absolute Gasteiger partial charge is 0.469 e. The molecule has 0 aliphatic rings. The molecule has 2 rings (SSSR count). The minimum absolute atomic E-state index is 0.0874. The summed E-state index contributed by atoms with van der Waals surface area (Å²) in [6.07, 6.45) is 2.53. The molecule has 0 aliphatic carbocycles. The molecule has 94 valence electrons. The number of carbonyl (C=O) groups excluding carboxylic acids is 1. The first-order valence-electron chi connectivity index (χ1n) is 5.42. The van der Waals surface area contributed by atoms with Gasteiger partial charge in [-0.1, -0.05) is 27.5 Å². The van der Waals surface area contributed by atoms with E-state index in [4.69, 9.17) is 16.0 Å². The third kappa shape index (κ3) is 3.62. The minimum atomic E-state index is -0.0874. The van der Waals surface area contributed by atoms with Crippen LogP contribution >= 0.6 is 27.5 Å². The van der Waals surface area contributed by atoms with Gasteiger partial charge in [0.1, 0.15) is 5.76 Å². The van der Waals surface area contributed by atoms with Gasteiger partial charge in [0.25, 0.3) is 0 Å². The lowest BCUT2D eigenvalue weighted by molar-refractivity contribution is -0.116. The maximum atomic E-state index is 11.7. The molecule has 5 heteroatoms. The molecule has 0 atom stereocenters. The van der Waals surface area contributed by atoms with Crippen molar-refractivity contribution < 1.29 is 9.21 Å². The highest BCUT2D eigenvalue weighted by Gasteiger charge is 2.07. The van der Waals surface area contributed by atoms with Crippen LogP contribution in [0, 0.1) is 0 Å². The Morgan fingerprint density at radius 1 is 1.39 bits per heavy atom. The summed E-state index contributed by atoms with van der Waals surface area (Å²) in [7, 11) is 0. The zero-order valence-corrected chi connectivity index (χ0v) is 11.8. The maximum absolute atomic E-state index is 11.7. The Kier molecular flexibility index (Phi) is 4.44. The zero-order valence-electron chi connectivity index (χ0n) is 9.45. The predicted molar refractivity (Wildman–Crippen MR) is 74.8 cm³/mol. The van der Waals surface area contributed by atoms with E-state index < -0.39 is 0 Å². The van der Waals surface area contributed by atoms with Crippen molar-refractivity contribution in [3.05, 3.63) is 51.9 Å². The number of rotatable bonds is 4. The van der Waals surface area contributed by atoms with Gasteiger partial charge in [-0.05, 0) is 30.3 Å². The molecule has 0 unspecified atom stereocenters. The lowest BCUT2D eigenvalue weighted by Crippen LogP contribution is -2.12. The van der Waals surface area contributed by atoms with Crippen LogP contribution in [-0.2, 0) is 11.2 Å². The standard InChI is InChI=1S/C13H11BrClNO2/c14-9-3-5-12(11(15)8-9)16-13(17)6-4-10-2-1-7-18-10/h1-3,5,7-8H,4,6H2,(H,16,17).